The van der Waals surface area contributed by atoms with Crippen molar-refractivity contribution in [3.8, 4) is 0 Å². The first-order chi connectivity index (χ1) is 8.48. The average molecular weight is 331 g/mol. The molecule has 0 saturated heterocycles. The minimum absolute atomic E-state index is 0.464. The molecule has 3 heteroatoms. The zero-order valence-corrected chi connectivity index (χ0v) is 13.7. The average Bonchev–Trinajstić information content (AvgIpc) is 2.58. The topological polar surface area (TPSA) is 20.2 Å². The van der Waals surface area contributed by atoms with Crippen molar-refractivity contribution in [3.05, 3.63) is 20.8 Å². The first kappa shape index (κ1) is 14.5. The molecule has 1 heterocycles. The molecule has 1 aromatic heterocycles. The van der Waals surface area contributed by atoms with E-state index in [4.69, 9.17) is 0 Å². The molecule has 1 fully saturated rings. The SMILES string of the molecule is CC(C)C1CCCC(O)(Cc2ccc(Br)s2)CC1. The maximum atomic E-state index is 10.8. The first-order valence-electron chi connectivity index (χ1n) is 6.95. The molecule has 0 bridgehead atoms. The molecule has 18 heavy (non-hydrogen) atoms. The number of hydrogen-bond donors (Lipinski definition) is 1. The molecule has 102 valence electrons. The fourth-order valence-electron chi connectivity index (χ4n) is 3.03. The van der Waals surface area contributed by atoms with E-state index in [-0.39, 0.29) is 0 Å². The third-order valence-electron chi connectivity index (χ3n) is 4.27. The van der Waals surface area contributed by atoms with E-state index in [1.165, 1.54) is 24.1 Å². The Labute approximate surface area is 123 Å². The normalized spacial score (nSPS) is 29.5. The largest absolute Gasteiger partial charge is 0.390 e. The van der Waals surface area contributed by atoms with Crippen LogP contribution in [0.2, 0.25) is 0 Å². The Morgan fingerprint density at radius 2 is 2.17 bits per heavy atom. The van der Waals surface area contributed by atoms with Gasteiger partial charge in [0.2, 0.25) is 0 Å². The van der Waals surface area contributed by atoms with Gasteiger partial charge >= 0.3 is 0 Å². The van der Waals surface area contributed by atoms with Crippen LogP contribution in [0.1, 0.15) is 50.8 Å². The van der Waals surface area contributed by atoms with Crippen molar-refractivity contribution in [2.75, 3.05) is 0 Å². The van der Waals surface area contributed by atoms with Crippen LogP contribution in [0.25, 0.3) is 0 Å². The summed E-state index contributed by atoms with van der Waals surface area (Å²) in [6.45, 7) is 4.62. The Bertz CT molecular complexity index is 388. The second kappa shape index (κ2) is 6.06. The van der Waals surface area contributed by atoms with E-state index in [1.807, 2.05) is 0 Å². The van der Waals surface area contributed by atoms with E-state index in [0.29, 0.717) is 0 Å². The van der Waals surface area contributed by atoms with Gasteiger partial charge < -0.3 is 5.11 Å². The quantitative estimate of drug-likeness (QED) is 0.771. The van der Waals surface area contributed by atoms with Crippen LogP contribution in [-0.2, 0) is 6.42 Å². The molecule has 0 amide bonds. The number of hydrogen-bond acceptors (Lipinski definition) is 2. The van der Waals surface area contributed by atoms with Gasteiger partial charge in [-0.1, -0.05) is 26.7 Å². The lowest BCUT2D eigenvalue weighted by Crippen LogP contribution is -2.30. The van der Waals surface area contributed by atoms with Gasteiger partial charge in [0.05, 0.1) is 9.39 Å². The van der Waals surface area contributed by atoms with Crippen LogP contribution in [-0.4, -0.2) is 10.7 Å². The zero-order valence-electron chi connectivity index (χ0n) is 11.3. The minimum Gasteiger partial charge on any atom is -0.390 e. The second-order valence-electron chi connectivity index (χ2n) is 6.04. The summed E-state index contributed by atoms with van der Waals surface area (Å²) in [7, 11) is 0. The summed E-state index contributed by atoms with van der Waals surface area (Å²) in [6, 6.07) is 4.22. The van der Waals surface area contributed by atoms with E-state index in [1.54, 1.807) is 11.3 Å². The van der Waals surface area contributed by atoms with Gasteiger partial charge in [-0.2, -0.15) is 0 Å². The monoisotopic (exact) mass is 330 g/mol. The summed E-state index contributed by atoms with van der Waals surface area (Å²) in [4.78, 5) is 1.30. The van der Waals surface area contributed by atoms with Crippen molar-refractivity contribution in [2.24, 2.45) is 11.8 Å². The predicted octanol–water partition coefficient (Wildman–Crippen LogP) is 5.02. The Morgan fingerprint density at radius 1 is 1.39 bits per heavy atom. The van der Waals surface area contributed by atoms with Crippen LogP contribution in [0.4, 0.5) is 0 Å². The van der Waals surface area contributed by atoms with Crippen molar-refractivity contribution in [1.29, 1.82) is 0 Å². The molecule has 0 aromatic carbocycles. The Hall–Kier alpha value is 0.140. The zero-order chi connectivity index (χ0) is 13.2. The molecule has 0 spiro atoms. The first-order valence-corrected chi connectivity index (χ1v) is 8.56. The highest BCUT2D eigenvalue weighted by atomic mass is 79.9. The van der Waals surface area contributed by atoms with Crippen LogP contribution in [0, 0.1) is 11.8 Å². The van der Waals surface area contributed by atoms with Gasteiger partial charge in [0.15, 0.2) is 0 Å². The van der Waals surface area contributed by atoms with Gasteiger partial charge in [-0.3, -0.25) is 0 Å². The van der Waals surface area contributed by atoms with Crippen LogP contribution >= 0.6 is 27.3 Å². The molecule has 1 aromatic rings. The summed E-state index contributed by atoms with van der Waals surface area (Å²) < 4.78 is 1.16. The minimum atomic E-state index is -0.464. The molecule has 2 atom stereocenters. The Morgan fingerprint density at radius 3 is 2.78 bits per heavy atom. The number of rotatable bonds is 3. The number of halogens is 1. The molecule has 1 nitrogen and oxygen atoms in total. The smallest absolute Gasteiger partial charge is 0.0701 e. The van der Waals surface area contributed by atoms with E-state index in [0.717, 1.165) is 34.9 Å². The molecule has 1 aliphatic carbocycles. The molecule has 1 saturated carbocycles. The lowest BCUT2D eigenvalue weighted by molar-refractivity contribution is 0.0244. The van der Waals surface area contributed by atoms with Crippen molar-refractivity contribution in [3.63, 3.8) is 0 Å². The van der Waals surface area contributed by atoms with Crippen LogP contribution in [0.15, 0.2) is 15.9 Å². The highest BCUT2D eigenvalue weighted by Crippen LogP contribution is 2.37. The standard InChI is InChI=1S/C15H23BrOS/c1-11(2)12-4-3-8-15(17,9-7-12)10-13-5-6-14(16)18-13/h5-6,11-12,17H,3-4,7-10H2,1-2H3. The van der Waals surface area contributed by atoms with Crippen LogP contribution in [0.3, 0.4) is 0 Å². The molecule has 2 rings (SSSR count). The molecule has 1 N–H and O–H groups in total. The van der Waals surface area contributed by atoms with Gasteiger partial charge in [0.25, 0.3) is 0 Å². The lowest BCUT2D eigenvalue weighted by Gasteiger charge is -2.26. The fourth-order valence-corrected chi connectivity index (χ4v) is 4.65. The molecule has 2 unspecified atom stereocenters. The molecule has 0 radical (unpaired) electrons. The van der Waals surface area contributed by atoms with Gasteiger partial charge in [-0.15, -0.1) is 11.3 Å². The van der Waals surface area contributed by atoms with Crippen LogP contribution in [0.5, 0.6) is 0 Å². The summed E-state index contributed by atoms with van der Waals surface area (Å²) in [5.74, 6) is 1.55. The van der Waals surface area contributed by atoms with E-state index in [2.05, 4.69) is 41.9 Å². The van der Waals surface area contributed by atoms with Crippen molar-refractivity contribution >= 4 is 27.3 Å². The summed E-state index contributed by atoms with van der Waals surface area (Å²) in [6.07, 6.45) is 6.39. The predicted molar refractivity (Wildman–Crippen MR) is 82.1 cm³/mol. The fraction of sp³-hybridized carbons (Fsp3) is 0.733. The van der Waals surface area contributed by atoms with Gasteiger partial charge in [0, 0.05) is 11.3 Å². The van der Waals surface area contributed by atoms with E-state index in [9.17, 15) is 5.11 Å². The van der Waals surface area contributed by atoms with Crippen LogP contribution < -0.4 is 0 Å². The number of aliphatic hydroxyl groups is 1. The highest BCUT2D eigenvalue weighted by Gasteiger charge is 2.32. The molecular formula is C15H23BrOS. The number of thiophene rings is 1. The second-order valence-corrected chi connectivity index (χ2v) is 8.59. The third kappa shape index (κ3) is 3.82. The third-order valence-corrected chi connectivity index (χ3v) is 5.90. The summed E-state index contributed by atoms with van der Waals surface area (Å²) in [5, 5.41) is 10.8. The highest BCUT2D eigenvalue weighted by molar-refractivity contribution is 9.11. The Kier molecular flexibility index (Phi) is 4.90. The van der Waals surface area contributed by atoms with Gasteiger partial charge in [-0.25, -0.2) is 0 Å². The van der Waals surface area contributed by atoms with Crippen molar-refractivity contribution in [2.45, 2.75) is 58.0 Å². The van der Waals surface area contributed by atoms with E-state index < -0.39 is 5.60 Å². The van der Waals surface area contributed by atoms with E-state index >= 15 is 0 Å². The summed E-state index contributed by atoms with van der Waals surface area (Å²) >= 11 is 5.25. The molecule has 1 aliphatic rings. The van der Waals surface area contributed by atoms with Gasteiger partial charge in [0.1, 0.15) is 0 Å². The van der Waals surface area contributed by atoms with Crippen molar-refractivity contribution < 1.29 is 5.11 Å². The maximum absolute atomic E-state index is 10.8. The Balaban J connectivity index is 1.98. The summed E-state index contributed by atoms with van der Waals surface area (Å²) in [5.41, 5.74) is -0.464. The lowest BCUT2D eigenvalue weighted by atomic mass is 9.86. The van der Waals surface area contributed by atoms with Crippen molar-refractivity contribution in [1.82, 2.24) is 0 Å². The van der Waals surface area contributed by atoms with Gasteiger partial charge in [-0.05, 0) is 59.2 Å². The molecule has 0 aliphatic heterocycles. The maximum Gasteiger partial charge on any atom is 0.0701 e. The molecular weight excluding hydrogens is 308 g/mol.